The van der Waals surface area contributed by atoms with E-state index in [2.05, 4.69) is 15.3 Å². The molecule has 5 nitrogen and oxygen atoms in total. The van der Waals surface area contributed by atoms with E-state index in [4.69, 9.17) is 0 Å². The van der Waals surface area contributed by atoms with Crippen molar-refractivity contribution in [1.29, 1.82) is 0 Å². The standard InChI is InChI=1S/C20H19N3O2/c24-20(25)19(10-15-9-13-5-1-3-7-17(13)23-15)22-12-14-11-21-18-8-4-2-6-16(14)18/h1-9,11,19,21-23H,10,12H2,(H,24,25)/t19-/m0/s1. The first-order valence-corrected chi connectivity index (χ1v) is 8.28. The quantitative estimate of drug-likeness (QED) is 0.436. The fraction of sp³-hybridized carbons (Fsp3) is 0.150. The zero-order valence-corrected chi connectivity index (χ0v) is 13.6. The molecule has 2 aromatic heterocycles. The van der Waals surface area contributed by atoms with Crippen molar-refractivity contribution < 1.29 is 9.90 Å². The minimum absolute atomic E-state index is 0.409. The monoisotopic (exact) mass is 333 g/mol. The summed E-state index contributed by atoms with van der Waals surface area (Å²) in [5.74, 6) is -0.849. The van der Waals surface area contributed by atoms with Gasteiger partial charge in [-0.15, -0.1) is 0 Å². The lowest BCUT2D eigenvalue weighted by Gasteiger charge is -2.13. The lowest BCUT2D eigenvalue weighted by molar-refractivity contribution is -0.139. The third-order valence-corrected chi connectivity index (χ3v) is 4.52. The average Bonchev–Trinajstić information content (AvgIpc) is 3.21. The number of rotatable bonds is 6. The van der Waals surface area contributed by atoms with Crippen LogP contribution in [0.1, 0.15) is 11.3 Å². The molecule has 4 rings (SSSR count). The summed E-state index contributed by atoms with van der Waals surface area (Å²) >= 11 is 0. The van der Waals surface area contributed by atoms with Crippen molar-refractivity contribution in [1.82, 2.24) is 15.3 Å². The van der Waals surface area contributed by atoms with Gasteiger partial charge in [0.15, 0.2) is 0 Å². The lowest BCUT2D eigenvalue weighted by Crippen LogP contribution is -2.38. The van der Waals surface area contributed by atoms with Crippen molar-refractivity contribution in [2.75, 3.05) is 0 Å². The number of carbonyl (C=O) groups is 1. The molecular weight excluding hydrogens is 314 g/mol. The summed E-state index contributed by atoms with van der Waals surface area (Å²) < 4.78 is 0. The van der Waals surface area contributed by atoms with Crippen molar-refractivity contribution >= 4 is 27.8 Å². The van der Waals surface area contributed by atoms with Gasteiger partial charge in [-0.25, -0.2) is 0 Å². The average molecular weight is 333 g/mol. The molecular formula is C20H19N3O2. The van der Waals surface area contributed by atoms with Crippen LogP contribution in [0.4, 0.5) is 0 Å². The second-order valence-electron chi connectivity index (χ2n) is 6.22. The number of benzene rings is 2. The molecule has 4 aromatic rings. The van der Waals surface area contributed by atoms with E-state index < -0.39 is 12.0 Å². The number of nitrogens with one attached hydrogen (secondary N) is 3. The second-order valence-corrected chi connectivity index (χ2v) is 6.22. The predicted octanol–water partition coefficient (Wildman–Crippen LogP) is 3.43. The highest BCUT2D eigenvalue weighted by molar-refractivity contribution is 5.83. The summed E-state index contributed by atoms with van der Waals surface area (Å²) in [7, 11) is 0. The Morgan fingerprint density at radius 1 is 1.08 bits per heavy atom. The van der Waals surface area contributed by atoms with Crippen molar-refractivity contribution in [3.63, 3.8) is 0 Å². The Morgan fingerprint density at radius 2 is 1.84 bits per heavy atom. The maximum atomic E-state index is 11.7. The molecule has 0 spiro atoms. The molecule has 0 saturated heterocycles. The first-order valence-electron chi connectivity index (χ1n) is 8.28. The van der Waals surface area contributed by atoms with Crippen molar-refractivity contribution in [2.45, 2.75) is 19.0 Å². The van der Waals surface area contributed by atoms with Crippen LogP contribution in [0.15, 0.2) is 60.8 Å². The molecule has 0 amide bonds. The first-order chi connectivity index (χ1) is 12.2. The van der Waals surface area contributed by atoms with Crippen LogP contribution in [0, 0.1) is 0 Å². The molecule has 0 aliphatic heterocycles. The molecule has 5 heteroatoms. The maximum Gasteiger partial charge on any atom is 0.321 e. The second kappa shape index (κ2) is 6.45. The zero-order chi connectivity index (χ0) is 17.2. The van der Waals surface area contributed by atoms with E-state index in [0.29, 0.717) is 13.0 Å². The van der Waals surface area contributed by atoms with Crippen LogP contribution in [0.2, 0.25) is 0 Å². The van der Waals surface area contributed by atoms with E-state index in [1.165, 1.54) is 0 Å². The van der Waals surface area contributed by atoms with E-state index in [1.54, 1.807) is 0 Å². The van der Waals surface area contributed by atoms with Crippen molar-refractivity contribution in [3.05, 3.63) is 72.1 Å². The van der Waals surface area contributed by atoms with Crippen LogP contribution in [0.25, 0.3) is 21.8 Å². The number of carboxylic acids is 1. The molecule has 25 heavy (non-hydrogen) atoms. The molecule has 4 N–H and O–H groups in total. The van der Waals surface area contributed by atoms with Gasteiger partial charge in [-0.05, 0) is 29.1 Å². The van der Waals surface area contributed by atoms with Gasteiger partial charge in [0.25, 0.3) is 0 Å². The number of fused-ring (bicyclic) bond motifs is 2. The molecule has 0 bridgehead atoms. The number of para-hydroxylation sites is 2. The highest BCUT2D eigenvalue weighted by Gasteiger charge is 2.19. The van der Waals surface area contributed by atoms with Crippen molar-refractivity contribution in [3.8, 4) is 0 Å². The minimum atomic E-state index is -0.849. The van der Waals surface area contributed by atoms with Crippen LogP contribution in [-0.4, -0.2) is 27.1 Å². The highest BCUT2D eigenvalue weighted by atomic mass is 16.4. The van der Waals surface area contributed by atoms with Gasteiger partial charge in [0.2, 0.25) is 0 Å². The number of aromatic nitrogens is 2. The molecule has 2 aromatic carbocycles. The molecule has 0 fully saturated rings. The summed E-state index contributed by atoms with van der Waals surface area (Å²) in [6, 6.07) is 17.3. The first kappa shape index (κ1) is 15.5. The molecule has 0 aliphatic rings. The molecule has 0 aliphatic carbocycles. The number of hydrogen-bond acceptors (Lipinski definition) is 2. The Labute approximate surface area is 144 Å². The maximum absolute atomic E-state index is 11.7. The summed E-state index contributed by atoms with van der Waals surface area (Å²) in [6.45, 7) is 0.501. The van der Waals surface area contributed by atoms with Crippen LogP contribution in [-0.2, 0) is 17.8 Å². The summed E-state index contributed by atoms with van der Waals surface area (Å²) in [4.78, 5) is 18.2. The largest absolute Gasteiger partial charge is 0.480 e. The summed E-state index contributed by atoms with van der Waals surface area (Å²) in [5, 5.41) is 14.9. The van der Waals surface area contributed by atoms with E-state index in [1.807, 2.05) is 60.8 Å². The van der Waals surface area contributed by atoms with Gasteiger partial charge in [0.05, 0.1) is 0 Å². The number of hydrogen-bond donors (Lipinski definition) is 4. The Hall–Kier alpha value is -3.05. The van der Waals surface area contributed by atoms with Gasteiger partial charge in [-0.3, -0.25) is 10.1 Å². The van der Waals surface area contributed by atoms with Gasteiger partial charge >= 0.3 is 5.97 Å². The minimum Gasteiger partial charge on any atom is -0.480 e. The molecule has 0 radical (unpaired) electrons. The van der Waals surface area contributed by atoms with E-state index in [-0.39, 0.29) is 0 Å². The summed E-state index contributed by atoms with van der Waals surface area (Å²) in [6.07, 6.45) is 2.34. The van der Waals surface area contributed by atoms with Gasteiger partial charge < -0.3 is 15.1 Å². The van der Waals surface area contributed by atoms with Crippen molar-refractivity contribution in [2.24, 2.45) is 0 Å². The predicted molar refractivity (Wildman–Crippen MR) is 98.6 cm³/mol. The highest BCUT2D eigenvalue weighted by Crippen LogP contribution is 2.18. The molecule has 1 atom stereocenters. The van der Waals surface area contributed by atoms with Crippen LogP contribution in [0.3, 0.4) is 0 Å². The topological polar surface area (TPSA) is 80.9 Å². The van der Waals surface area contributed by atoms with Crippen LogP contribution < -0.4 is 5.32 Å². The van der Waals surface area contributed by atoms with Crippen LogP contribution in [0.5, 0.6) is 0 Å². The Kier molecular flexibility index (Phi) is 3.99. The van der Waals surface area contributed by atoms with Gasteiger partial charge in [-0.2, -0.15) is 0 Å². The fourth-order valence-corrected chi connectivity index (χ4v) is 3.22. The molecule has 126 valence electrons. The van der Waals surface area contributed by atoms with E-state index >= 15 is 0 Å². The van der Waals surface area contributed by atoms with E-state index in [0.717, 1.165) is 33.1 Å². The molecule has 0 unspecified atom stereocenters. The smallest absolute Gasteiger partial charge is 0.321 e. The Bertz CT molecular complexity index is 998. The van der Waals surface area contributed by atoms with E-state index in [9.17, 15) is 9.90 Å². The number of carboxylic acid groups (broad SMARTS) is 1. The molecule has 2 heterocycles. The number of H-pyrrole nitrogens is 2. The number of aromatic amines is 2. The van der Waals surface area contributed by atoms with Gasteiger partial charge in [0.1, 0.15) is 6.04 Å². The van der Waals surface area contributed by atoms with Gasteiger partial charge in [-0.1, -0.05) is 36.4 Å². The third kappa shape index (κ3) is 3.14. The Morgan fingerprint density at radius 3 is 2.64 bits per heavy atom. The van der Waals surface area contributed by atoms with Gasteiger partial charge in [0, 0.05) is 41.3 Å². The molecule has 0 saturated carbocycles. The Balaban J connectivity index is 1.50. The third-order valence-electron chi connectivity index (χ3n) is 4.52. The zero-order valence-electron chi connectivity index (χ0n) is 13.6. The van der Waals surface area contributed by atoms with Crippen LogP contribution >= 0.6 is 0 Å². The fourth-order valence-electron chi connectivity index (χ4n) is 3.22. The SMILES string of the molecule is O=C(O)[C@H](Cc1cc2ccccc2[nH]1)NCc1c[nH]c2ccccc12. The lowest BCUT2D eigenvalue weighted by atomic mass is 10.1. The normalized spacial score (nSPS) is 12.6. The summed E-state index contributed by atoms with van der Waals surface area (Å²) in [5.41, 5.74) is 4.07. The number of aliphatic carboxylic acids is 1.